The Labute approximate surface area is 108 Å². The van der Waals surface area contributed by atoms with E-state index in [4.69, 9.17) is 0 Å². The van der Waals surface area contributed by atoms with Gasteiger partial charge in [0.1, 0.15) is 0 Å². The predicted octanol–water partition coefficient (Wildman–Crippen LogP) is 2.71. The summed E-state index contributed by atoms with van der Waals surface area (Å²) in [5, 5.41) is 10.6. The summed E-state index contributed by atoms with van der Waals surface area (Å²) in [6.07, 6.45) is -2.26. The molecular weight excluding hydrogens is 250 g/mol. The Morgan fingerprint density at radius 1 is 0.842 bits per heavy atom. The third kappa shape index (κ3) is 2.85. The largest absolute Gasteiger partial charge is 0.545 e. The van der Waals surface area contributed by atoms with Gasteiger partial charge in [0.25, 0.3) is 6.08 Å². The van der Waals surface area contributed by atoms with Crippen LogP contribution in [0.15, 0.2) is 60.7 Å². The Morgan fingerprint density at radius 3 is 1.84 bits per heavy atom. The highest BCUT2D eigenvalue weighted by molar-refractivity contribution is 6.14. The number of hydrogen-bond donors (Lipinski definition) is 0. The van der Waals surface area contributed by atoms with E-state index < -0.39 is 17.6 Å². The van der Waals surface area contributed by atoms with E-state index >= 15 is 0 Å². The van der Waals surface area contributed by atoms with Crippen molar-refractivity contribution in [3.63, 3.8) is 0 Å². The second-order valence-corrected chi connectivity index (χ2v) is 3.87. The van der Waals surface area contributed by atoms with Crippen molar-refractivity contribution in [1.29, 1.82) is 0 Å². The van der Waals surface area contributed by atoms with Gasteiger partial charge in [-0.15, -0.1) is 0 Å². The van der Waals surface area contributed by atoms with Gasteiger partial charge in [0.05, 0.1) is 11.5 Å². The van der Waals surface area contributed by atoms with Crippen LogP contribution in [0, 0.1) is 0 Å². The number of aliphatic carboxylic acids is 1. The third-order valence-electron chi connectivity index (χ3n) is 2.67. The maximum Gasteiger partial charge on any atom is 0.279 e. The van der Waals surface area contributed by atoms with Crippen molar-refractivity contribution in [1.82, 2.24) is 0 Å². The maximum absolute atomic E-state index is 12.5. The highest BCUT2D eigenvalue weighted by Gasteiger charge is 2.10. The van der Waals surface area contributed by atoms with Crippen LogP contribution in [0.3, 0.4) is 0 Å². The second-order valence-electron chi connectivity index (χ2n) is 3.87. The van der Waals surface area contributed by atoms with Gasteiger partial charge in [0, 0.05) is 0 Å². The average Bonchev–Trinajstić information content (AvgIpc) is 2.40. The zero-order valence-corrected chi connectivity index (χ0v) is 9.77. The van der Waals surface area contributed by atoms with Crippen molar-refractivity contribution in [2.24, 2.45) is 0 Å². The molecule has 2 aromatic carbocycles. The summed E-state index contributed by atoms with van der Waals surface area (Å²) in [6, 6.07) is 15.2. The first-order valence-corrected chi connectivity index (χ1v) is 5.52. The molecule has 0 N–H and O–H groups in total. The minimum atomic E-state index is -2.26. The first-order chi connectivity index (χ1) is 9.09. The molecule has 96 valence electrons. The molecule has 0 saturated heterocycles. The summed E-state index contributed by atoms with van der Waals surface area (Å²) in [4.78, 5) is 10.6. The summed E-state index contributed by atoms with van der Waals surface area (Å²) >= 11 is 0. The van der Waals surface area contributed by atoms with Gasteiger partial charge in [0.15, 0.2) is 0 Å². The lowest BCUT2D eigenvalue weighted by Gasteiger charge is -2.08. The topological polar surface area (TPSA) is 40.1 Å². The highest BCUT2D eigenvalue weighted by Crippen LogP contribution is 2.24. The molecule has 0 bridgehead atoms. The van der Waals surface area contributed by atoms with Crippen LogP contribution in [0.4, 0.5) is 8.78 Å². The molecular formula is C15H9F2O2-. The van der Waals surface area contributed by atoms with Crippen molar-refractivity contribution in [3.05, 3.63) is 66.2 Å². The number of rotatable bonds is 3. The number of halogens is 2. The summed E-state index contributed by atoms with van der Waals surface area (Å²) in [7, 11) is 0. The van der Waals surface area contributed by atoms with Gasteiger partial charge in [-0.05, 0) is 16.7 Å². The van der Waals surface area contributed by atoms with Crippen LogP contribution in [0.1, 0.15) is 5.56 Å². The minimum Gasteiger partial charge on any atom is -0.545 e. The molecule has 0 aliphatic carbocycles. The number of benzene rings is 2. The molecule has 0 amide bonds. The van der Waals surface area contributed by atoms with Crippen LogP contribution in [0.5, 0.6) is 0 Å². The molecule has 2 nitrogen and oxygen atoms in total. The Balaban J connectivity index is 2.39. The lowest BCUT2D eigenvalue weighted by molar-refractivity contribution is -0.295. The van der Waals surface area contributed by atoms with E-state index in [1.54, 1.807) is 12.1 Å². The van der Waals surface area contributed by atoms with Crippen molar-refractivity contribution < 1.29 is 18.7 Å². The number of carbonyl (C=O) groups excluding carboxylic acids is 1. The van der Waals surface area contributed by atoms with Gasteiger partial charge >= 0.3 is 0 Å². The number of hydrogen-bond acceptors (Lipinski definition) is 2. The van der Waals surface area contributed by atoms with Crippen LogP contribution < -0.4 is 5.11 Å². The quantitative estimate of drug-likeness (QED) is 0.795. The molecule has 0 heterocycles. The van der Waals surface area contributed by atoms with Crippen molar-refractivity contribution in [3.8, 4) is 11.1 Å². The van der Waals surface area contributed by atoms with Gasteiger partial charge in [-0.2, -0.15) is 8.78 Å². The highest BCUT2D eigenvalue weighted by atomic mass is 19.3. The lowest BCUT2D eigenvalue weighted by atomic mass is 10.0. The van der Waals surface area contributed by atoms with Gasteiger partial charge in [-0.3, -0.25) is 0 Å². The predicted molar refractivity (Wildman–Crippen MR) is 66.0 cm³/mol. The maximum atomic E-state index is 12.5. The van der Waals surface area contributed by atoms with Crippen molar-refractivity contribution in [2.45, 2.75) is 0 Å². The number of carboxylic acids is 1. The van der Waals surface area contributed by atoms with E-state index in [0.29, 0.717) is 0 Å². The van der Waals surface area contributed by atoms with Crippen LogP contribution in [-0.4, -0.2) is 5.97 Å². The van der Waals surface area contributed by atoms with Crippen LogP contribution in [0.2, 0.25) is 0 Å². The van der Waals surface area contributed by atoms with E-state index in [1.807, 2.05) is 30.3 Å². The molecule has 2 rings (SSSR count). The Bertz CT molecular complexity index is 612. The normalized spacial score (nSPS) is 10.0. The van der Waals surface area contributed by atoms with Crippen molar-refractivity contribution >= 4 is 11.5 Å². The fourth-order valence-electron chi connectivity index (χ4n) is 1.76. The molecule has 0 atom stereocenters. The van der Waals surface area contributed by atoms with E-state index in [-0.39, 0.29) is 5.56 Å². The molecule has 0 unspecified atom stereocenters. The molecule has 0 aliphatic heterocycles. The number of carboxylic acid groups (broad SMARTS) is 1. The van der Waals surface area contributed by atoms with Crippen LogP contribution >= 0.6 is 0 Å². The fourth-order valence-corrected chi connectivity index (χ4v) is 1.76. The van der Waals surface area contributed by atoms with Crippen LogP contribution in [0.25, 0.3) is 16.7 Å². The van der Waals surface area contributed by atoms with Gasteiger partial charge in [0.2, 0.25) is 0 Å². The van der Waals surface area contributed by atoms with Gasteiger partial charge in [-0.1, -0.05) is 54.6 Å². The van der Waals surface area contributed by atoms with E-state index in [2.05, 4.69) is 0 Å². The molecule has 0 aliphatic rings. The Hall–Kier alpha value is -2.49. The smallest absolute Gasteiger partial charge is 0.279 e. The average molecular weight is 259 g/mol. The van der Waals surface area contributed by atoms with Crippen molar-refractivity contribution in [2.75, 3.05) is 0 Å². The molecule has 2 aromatic rings. The fraction of sp³-hybridized carbons (Fsp3) is 0. The number of carbonyl (C=O) groups is 1. The third-order valence-corrected chi connectivity index (χ3v) is 2.67. The molecule has 0 aromatic heterocycles. The molecule has 19 heavy (non-hydrogen) atoms. The molecule has 0 spiro atoms. The van der Waals surface area contributed by atoms with E-state index in [1.165, 1.54) is 12.1 Å². The second kappa shape index (κ2) is 5.44. The standard InChI is InChI=1S/C15H10F2O2/c16-14(17)13(15(18)19)12-8-6-11(7-9-12)10-4-2-1-3-5-10/h1-9H,(H,18,19)/p-1. The van der Waals surface area contributed by atoms with Gasteiger partial charge < -0.3 is 9.90 Å². The molecule has 0 fully saturated rings. The first kappa shape index (κ1) is 13.0. The summed E-state index contributed by atoms with van der Waals surface area (Å²) in [5.74, 6) is -1.88. The zero-order chi connectivity index (χ0) is 13.8. The van der Waals surface area contributed by atoms with E-state index in [9.17, 15) is 18.7 Å². The van der Waals surface area contributed by atoms with E-state index in [0.717, 1.165) is 11.1 Å². The Kier molecular flexibility index (Phi) is 3.71. The molecule has 0 radical (unpaired) electrons. The Morgan fingerprint density at radius 2 is 1.37 bits per heavy atom. The first-order valence-electron chi connectivity index (χ1n) is 5.52. The minimum absolute atomic E-state index is 0.0697. The molecule has 4 heteroatoms. The van der Waals surface area contributed by atoms with Crippen LogP contribution in [-0.2, 0) is 4.79 Å². The summed E-state index contributed by atoms with van der Waals surface area (Å²) < 4.78 is 25.0. The lowest BCUT2D eigenvalue weighted by Crippen LogP contribution is -2.24. The monoisotopic (exact) mass is 259 g/mol. The summed E-state index contributed by atoms with van der Waals surface area (Å²) in [5.41, 5.74) is 0.606. The van der Waals surface area contributed by atoms with Gasteiger partial charge in [-0.25, -0.2) is 0 Å². The SMILES string of the molecule is O=C([O-])C(=C(F)F)c1ccc(-c2ccccc2)cc1. The summed E-state index contributed by atoms with van der Waals surface area (Å²) in [6.45, 7) is 0. The zero-order valence-electron chi connectivity index (χ0n) is 9.77. The molecule has 0 saturated carbocycles.